The molecule has 0 heterocycles. The quantitative estimate of drug-likeness (QED) is 0.152. The van der Waals surface area contributed by atoms with Gasteiger partial charge in [0.1, 0.15) is 5.72 Å². The van der Waals surface area contributed by atoms with E-state index in [1.807, 2.05) is 12.2 Å². The van der Waals surface area contributed by atoms with Crippen molar-refractivity contribution in [3.63, 3.8) is 0 Å². The van der Waals surface area contributed by atoms with Gasteiger partial charge >= 0.3 is 7.12 Å². The van der Waals surface area contributed by atoms with Gasteiger partial charge in [-0.3, -0.25) is 0 Å². The summed E-state index contributed by atoms with van der Waals surface area (Å²) in [5.74, 6) is 0.104. The molecule has 1 atom stereocenters. The van der Waals surface area contributed by atoms with Crippen LogP contribution in [0.1, 0.15) is 43.2 Å². The van der Waals surface area contributed by atoms with Gasteiger partial charge in [-0.05, 0) is 61.7 Å². The fourth-order valence-electron chi connectivity index (χ4n) is 3.83. The molecule has 6 heteroatoms. The van der Waals surface area contributed by atoms with Gasteiger partial charge in [0, 0.05) is 12.0 Å². The highest BCUT2D eigenvalue weighted by molar-refractivity contribution is 6.40. The molecule has 158 valence electrons. The number of aliphatic hydroxyl groups is 1. The van der Waals surface area contributed by atoms with Crippen LogP contribution < -0.4 is 11.1 Å². The molecule has 6 N–H and O–H groups in total. The Balaban J connectivity index is 1.66. The molecule has 0 aliphatic heterocycles. The van der Waals surface area contributed by atoms with Crippen molar-refractivity contribution >= 4 is 12.7 Å². The number of unbranched alkanes of at least 4 members (excludes halogenated alkanes) is 1. The van der Waals surface area contributed by atoms with E-state index in [1.54, 1.807) is 6.08 Å². The van der Waals surface area contributed by atoms with Crippen LogP contribution in [-0.2, 0) is 6.42 Å². The summed E-state index contributed by atoms with van der Waals surface area (Å²) in [4.78, 5) is 0. The molecular formula is C23H35BN2O3. The molecule has 1 aromatic carbocycles. The zero-order valence-electron chi connectivity index (χ0n) is 17.3. The molecule has 0 bridgehead atoms. The van der Waals surface area contributed by atoms with E-state index in [0.29, 0.717) is 31.6 Å². The first-order valence-corrected chi connectivity index (χ1v) is 10.5. The minimum Gasteiger partial charge on any atom is -0.427 e. The number of hydrogen-bond donors (Lipinski definition) is 5. The van der Waals surface area contributed by atoms with Crippen LogP contribution in [0.2, 0.25) is 6.32 Å². The number of nitrogens with two attached hydrogens (primary N) is 1. The molecule has 0 radical (unpaired) electrons. The highest BCUT2D eigenvalue weighted by Crippen LogP contribution is 2.36. The molecule has 1 aromatic rings. The van der Waals surface area contributed by atoms with E-state index < -0.39 is 12.8 Å². The van der Waals surface area contributed by atoms with E-state index in [1.165, 1.54) is 5.56 Å². The van der Waals surface area contributed by atoms with Crippen LogP contribution >= 0.6 is 0 Å². The predicted octanol–water partition coefficient (Wildman–Crippen LogP) is 2.64. The Morgan fingerprint density at radius 1 is 1.21 bits per heavy atom. The third-order valence-corrected chi connectivity index (χ3v) is 5.79. The number of allylic oxidation sites excluding steroid dienone is 4. The summed E-state index contributed by atoms with van der Waals surface area (Å²) < 4.78 is 0. The summed E-state index contributed by atoms with van der Waals surface area (Å²) in [5, 5.41) is 31.7. The van der Waals surface area contributed by atoms with Crippen LogP contribution in [0.15, 0.2) is 55.7 Å². The fraction of sp³-hybridized carbons (Fsp3) is 0.478. The van der Waals surface area contributed by atoms with Crippen molar-refractivity contribution in [3.8, 4) is 0 Å². The van der Waals surface area contributed by atoms with Crippen LogP contribution in [0, 0.1) is 5.92 Å². The Labute approximate surface area is 175 Å². The minimum absolute atomic E-state index is 0.104. The van der Waals surface area contributed by atoms with E-state index in [4.69, 9.17) is 15.8 Å². The summed E-state index contributed by atoms with van der Waals surface area (Å²) in [6.45, 7) is 8.47. The van der Waals surface area contributed by atoms with Gasteiger partial charge in [0.2, 0.25) is 0 Å². The first-order chi connectivity index (χ1) is 13.9. The van der Waals surface area contributed by atoms with E-state index in [9.17, 15) is 5.11 Å². The maximum atomic E-state index is 10.5. The molecule has 0 spiro atoms. The molecule has 1 aliphatic carbocycles. The molecule has 2 rings (SSSR count). The van der Waals surface area contributed by atoms with Crippen molar-refractivity contribution in [1.29, 1.82) is 0 Å². The average Bonchev–Trinajstić information content (AvgIpc) is 2.65. The SMILES string of the molecule is C=C/C=C(\C=C)c1ccc(CCNC2CC(C(N)(O)CCCCB(O)O)C2)cc1. The van der Waals surface area contributed by atoms with Crippen LogP contribution in [0.4, 0.5) is 0 Å². The van der Waals surface area contributed by atoms with Crippen LogP contribution in [-0.4, -0.2) is 40.6 Å². The molecule has 0 aromatic heterocycles. The van der Waals surface area contributed by atoms with Gasteiger partial charge in [-0.2, -0.15) is 0 Å². The van der Waals surface area contributed by atoms with Crippen molar-refractivity contribution < 1.29 is 15.2 Å². The smallest absolute Gasteiger partial charge is 0.427 e. The van der Waals surface area contributed by atoms with E-state index in [-0.39, 0.29) is 5.92 Å². The van der Waals surface area contributed by atoms with E-state index >= 15 is 0 Å². The van der Waals surface area contributed by atoms with Crippen molar-refractivity contribution in [2.75, 3.05) is 6.54 Å². The zero-order chi connectivity index (χ0) is 21.3. The first kappa shape index (κ1) is 23.6. The standard InChI is InChI=1S/C23H35BN2O3/c1-3-7-19(4-2)20-10-8-18(9-11-20)12-15-26-22-16-21(17-22)23(25,27)13-5-6-14-24(28)29/h3-4,7-11,21-22,26-29H,1-2,5-6,12-17,25H2/b19-7+. The Kier molecular flexibility index (Phi) is 9.34. The molecule has 0 saturated heterocycles. The number of rotatable bonds is 13. The van der Waals surface area contributed by atoms with Gasteiger partial charge in [-0.1, -0.05) is 62.1 Å². The second-order valence-corrected chi connectivity index (χ2v) is 8.05. The van der Waals surface area contributed by atoms with Gasteiger partial charge in [-0.15, -0.1) is 0 Å². The highest BCUT2D eigenvalue weighted by atomic mass is 16.4. The second-order valence-electron chi connectivity index (χ2n) is 8.05. The lowest BCUT2D eigenvalue weighted by molar-refractivity contribution is -0.0643. The molecule has 1 saturated carbocycles. The topological polar surface area (TPSA) is 98.7 Å². The molecular weight excluding hydrogens is 363 g/mol. The van der Waals surface area contributed by atoms with Gasteiger partial charge in [0.25, 0.3) is 0 Å². The second kappa shape index (κ2) is 11.5. The van der Waals surface area contributed by atoms with Crippen molar-refractivity contribution in [2.45, 2.75) is 56.6 Å². The zero-order valence-corrected chi connectivity index (χ0v) is 17.3. The highest BCUT2D eigenvalue weighted by Gasteiger charge is 2.41. The lowest BCUT2D eigenvalue weighted by Crippen LogP contribution is -2.56. The monoisotopic (exact) mass is 398 g/mol. The third kappa shape index (κ3) is 7.57. The summed E-state index contributed by atoms with van der Waals surface area (Å²) in [5.41, 5.74) is 8.39. The normalized spacial score (nSPS) is 21.2. The Bertz CT molecular complexity index is 680. The minimum atomic E-state index is -1.28. The first-order valence-electron chi connectivity index (χ1n) is 10.5. The van der Waals surface area contributed by atoms with E-state index in [2.05, 4.69) is 42.7 Å². The van der Waals surface area contributed by atoms with Crippen LogP contribution in [0.5, 0.6) is 0 Å². The molecule has 0 amide bonds. The lowest BCUT2D eigenvalue weighted by atomic mass is 9.72. The molecule has 29 heavy (non-hydrogen) atoms. The number of benzene rings is 1. The number of nitrogens with one attached hydrogen (secondary N) is 1. The predicted molar refractivity (Wildman–Crippen MR) is 121 cm³/mol. The van der Waals surface area contributed by atoms with Gasteiger partial charge < -0.3 is 26.2 Å². The molecule has 1 aliphatic rings. The van der Waals surface area contributed by atoms with E-state index in [0.717, 1.165) is 36.9 Å². The summed E-state index contributed by atoms with van der Waals surface area (Å²) in [6.07, 6.45) is 10.4. The molecule has 5 nitrogen and oxygen atoms in total. The summed E-state index contributed by atoms with van der Waals surface area (Å²) in [7, 11) is -1.28. The summed E-state index contributed by atoms with van der Waals surface area (Å²) in [6, 6.07) is 8.90. The Morgan fingerprint density at radius 3 is 2.48 bits per heavy atom. The largest absolute Gasteiger partial charge is 0.451 e. The van der Waals surface area contributed by atoms with Gasteiger partial charge in [-0.25, -0.2) is 0 Å². The fourth-order valence-corrected chi connectivity index (χ4v) is 3.83. The maximum Gasteiger partial charge on any atom is 0.451 e. The Morgan fingerprint density at radius 2 is 1.90 bits per heavy atom. The lowest BCUT2D eigenvalue weighted by Gasteiger charge is -2.44. The molecule has 1 fully saturated rings. The van der Waals surface area contributed by atoms with Crippen molar-refractivity contribution in [1.82, 2.24) is 5.32 Å². The molecule has 1 unspecified atom stereocenters. The third-order valence-electron chi connectivity index (χ3n) is 5.79. The Hall–Kier alpha value is -1.70. The number of hydrogen-bond acceptors (Lipinski definition) is 5. The maximum absolute atomic E-state index is 10.5. The van der Waals surface area contributed by atoms with Crippen molar-refractivity contribution in [3.05, 3.63) is 66.8 Å². The van der Waals surface area contributed by atoms with Gasteiger partial charge in [0.05, 0.1) is 0 Å². The van der Waals surface area contributed by atoms with Crippen LogP contribution in [0.3, 0.4) is 0 Å². The summed E-state index contributed by atoms with van der Waals surface area (Å²) >= 11 is 0. The van der Waals surface area contributed by atoms with Crippen LogP contribution in [0.25, 0.3) is 5.57 Å². The van der Waals surface area contributed by atoms with Gasteiger partial charge in [0.15, 0.2) is 0 Å². The average molecular weight is 398 g/mol. The van der Waals surface area contributed by atoms with Crippen molar-refractivity contribution in [2.24, 2.45) is 11.7 Å².